The van der Waals surface area contributed by atoms with Gasteiger partial charge >= 0.3 is 5.97 Å². The van der Waals surface area contributed by atoms with E-state index in [1.165, 1.54) is 13.0 Å². The van der Waals surface area contributed by atoms with Gasteiger partial charge in [-0.05, 0) is 5.92 Å². The highest BCUT2D eigenvalue weighted by atomic mass is 16.5. The van der Waals surface area contributed by atoms with Crippen molar-refractivity contribution < 1.29 is 14.3 Å². The highest BCUT2D eigenvalue weighted by Crippen LogP contribution is 1.76. The van der Waals surface area contributed by atoms with Crippen LogP contribution in [-0.2, 0) is 14.3 Å². The van der Waals surface area contributed by atoms with E-state index in [0.717, 1.165) is 0 Å². The van der Waals surface area contributed by atoms with Crippen LogP contribution in [0.15, 0.2) is 12.7 Å². The Morgan fingerprint density at radius 3 is 2.64 bits per heavy atom. The molecule has 11 heavy (non-hydrogen) atoms. The Labute approximate surface area is 65.0 Å². The molecule has 3 nitrogen and oxygen atoms in total. The molecule has 0 saturated carbocycles. The van der Waals surface area contributed by atoms with Crippen LogP contribution in [0.1, 0.15) is 6.92 Å². The Kier molecular flexibility index (Phi) is 4.50. The van der Waals surface area contributed by atoms with E-state index in [0.29, 0.717) is 0 Å². The highest BCUT2D eigenvalue weighted by Gasteiger charge is 1.92. The zero-order valence-electron chi connectivity index (χ0n) is 6.22. The molecule has 0 aliphatic carbocycles. The van der Waals surface area contributed by atoms with E-state index in [9.17, 15) is 9.59 Å². The van der Waals surface area contributed by atoms with Gasteiger partial charge in [0.2, 0.25) is 5.78 Å². The lowest BCUT2D eigenvalue weighted by Crippen LogP contribution is -2.01. The molecule has 0 spiro atoms. The van der Waals surface area contributed by atoms with Gasteiger partial charge in [0.05, 0.1) is 0 Å². The van der Waals surface area contributed by atoms with Crippen molar-refractivity contribution in [2.24, 2.45) is 0 Å². The van der Waals surface area contributed by atoms with Gasteiger partial charge in [-0.1, -0.05) is 12.7 Å². The fourth-order valence-corrected chi connectivity index (χ4v) is 0.310. The Hall–Kier alpha value is -1.56. The van der Waals surface area contributed by atoms with Crippen molar-refractivity contribution in [1.29, 1.82) is 0 Å². The second-order valence-corrected chi connectivity index (χ2v) is 1.69. The van der Waals surface area contributed by atoms with Gasteiger partial charge in [-0.3, -0.25) is 4.79 Å². The van der Waals surface area contributed by atoms with Gasteiger partial charge in [-0.25, -0.2) is 4.79 Å². The van der Waals surface area contributed by atoms with Gasteiger partial charge in [0.25, 0.3) is 0 Å². The summed E-state index contributed by atoms with van der Waals surface area (Å²) in [6, 6.07) is 0. The molecule has 0 aromatic heterocycles. The predicted octanol–water partition coefficient (Wildman–Crippen LogP) is 0.308. The standard InChI is InChI=1S/C8H8O3/c1-3-6-11-8(10)5-4-7(2)9/h3H,1,6H2,2H3. The van der Waals surface area contributed by atoms with Crippen molar-refractivity contribution in [3.05, 3.63) is 12.7 Å². The molecule has 0 N–H and O–H groups in total. The van der Waals surface area contributed by atoms with E-state index in [2.05, 4.69) is 17.2 Å². The maximum atomic E-state index is 10.5. The van der Waals surface area contributed by atoms with Crippen LogP contribution >= 0.6 is 0 Å². The van der Waals surface area contributed by atoms with E-state index >= 15 is 0 Å². The van der Waals surface area contributed by atoms with Crippen molar-refractivity contribution in [1.82, 2.24) is 0 Å². The third kappa shape index (κ3) is 6.32. The van der Waals surface area contributed by atoms with Crippen molar-refractivity contribution in [3.8, 4) is 11.8 Å². The smallest absolute Gasteiger partial charge is 0.385 e. The van der Waals surface area contributed by atoms with Gasteiger partial charge in [-0.2, -0.15) is 0 Å². The summed E-state index contributed by atoms with van der Waals surface area (Å²) in [4.78, 5) is 20.7. The van der Waals surface area contributed by atoms with Gasteiger partial charge in [0.1, 0.15) is 6.61 Å². The van der Waals surface area contributed by atoms with Crippen molar-refractivity contribution in [3.63, 3.8) is 0 Å². The van der Waals surface area contributed by atoms with E-state index in [1.807, 2.05) is 5.92 Å². The average Bonchev–Trinajstić information content (AvgIpc) is 1.97. The molecule has 0 rings (SSSR count). The molecule has 0 radical (unpaired) electrons. The lowest BCUT2D eigenvalue weighted by molar-refractivity contribution is -0.135. The Morgan fingerprint density at radius 1 is 1.55 bits per heavy atom. The maximum absolute atomic E-state index is 10.5. The fraction of sp³-hybridized carbons (Fsp3) is 0.250. The van der Waals surface area contributed by atoms with Crippen LogP contribution in [0, 0.1) is 11.8 Å². The number of ether oxygens (including phenoxy) is 1. The van der Waals surface area contributed by atoms with Crippen molar-refractivity contribution in [2.45, 2.75) is 6.92 Å². The number of carbonyl (C=O) groups is 2. The second-order valence-electron chi connectivity index (χ2n) is 1.69. The molecule has 0 heterocycles. The summed E-state index contributed by atoms with van der Waals surface area (Å²) in [6.07, 6.45) is 1.42. The summed E-state index contributed by atoms with van der Waals surface area (Å²) in [7, 11) is 0. The molecule has 0 atom stereocenters. The van der Waals surface area contributed by atoms with Crippen LogP contribution in [0.3, 0.4) is 0 Å². The van der Waals surface area contributed by atoms with Crippen LogP contribution in [0.2, 0.25) is 0 Å². The molecule has 0 bridgehead atoms. The number of hydrogen-bond donors (Lipinski definition) is 0. The van der Waals surface area contributed by atoms with Crippen LogP contribution in [0.4, 0.5) is 0 Å². The number of Topliss-reactive ketones (excluding diaryl/α,β-unsaturated/α-hetero) is 1. The first-order chi connectivity index (χ1) is 5.16. The van der Waals surface area contributed by atoms with Gasteiger partial charge < -0.3 is 4.74 Å². The summed E-state index contributed by atoms with van der Waals surface area (Å²) in [5.41, 5.74) is 0. The third-order valence-corrected chi connectivity index (χ3v) is 0.673. The molecule has 0 aromatic carbocycles. The molecule has 0 fully saturated rings. The lowest BCUT2D eigenvalue weighted by atomic mass is 10.4. The molecule has 0 aliphatic heterocycles. The molecule has 0 unspecified atom stereocenters. The van der Waals surface area contributed by atoms with Gasteiger partial charge in [-0.15, -0.1) is 0 Å². The lowest BCUT2D eigenvalue weighted by Gasteiger charge is -1.90. The normalized spacial score (nSPS) is 7.36. The molecule has 3 heteroatoms. The molecule has 0 aromatic rings. The van der Waals surface area contributed by atoms with E-state index < -0.39 is 5.97 Å². The maximum Gasteiger partial charge on any atom is 0.385 e. The van der Waals surface area contributed by atoms with Crippen molar-refractivity contribution >= 4 is 11.8 Å². The molecule has 0 amide bonds. The molecular formula is C8H8O3. The van der Waals surface area contributed by atoms with Crippen molar-refractivity contribution in [2.75, 3.05) is 6.61 Å². The Balaban J connectivity index is 3.80. The van der Waals surface area contributed by atoms with Crippen LogP contribution in [0.25, 0.3) is 0 Å². The van der Waals surface area contributed by atoms with Gasteiger partial charge in [0.15, 0.2) is 0 Å². The topological polar surface area (TPSA) is 43.4 Å². The number of esters is 1. The molecular weight excluding hydrogens is 144 g/mol. The Bertz CT molecular complexity index is 229. The summed E-state index contributed by atoms with van der Waals surface area (Å²) in [6.45, 7) is 4.72. The average molecular weight is 152 g/mol. The summed E-state index contributed by atoms with van der Waals surface area (Å²) in [5, 5.41) is 0. The zero-order chi connectivity index (χ0) is 8.69. The van der Waals surface area contributed by atoms with E-state index in [-0.39, 0.29) is 12.4 Å². The fourth-order valence-electron chi connectivity index (χ4n) is 0.310. The third-order valence-electron chi connectivity index (χ3n) is 0.673. The van der Waals surface area contributed by atoms with Crippen LogP contribution < -0.4 is 0 Å². The number of carbonyl (C=O) groups excluding carboxylic acids is 2. The summed E-state index contributed by atoms with van der Waals surface area (Å²) in [5.74, 6) is 3.00. The van der Waals surface area contributed by atoms with Crippen LogP contribution in [-0.4, -0.2) is 18.4 Å². The van der Waals surface area contributed by atoms with Crippen LogP contribution in [0.5, 0.6) is 0 Å². The second kappa shape index (κ2) is 5.24. The first-order valence-corrected chi connectivity index (χ1v) is 2.97. The van der Waals surface area contributed by atoms with Gasteiger partial charge in [0, 0.05) is 12.8 Å². The number of rotatable bonds is 2. The number of hydrogen-bond acceptors (Lipinski definition) is 3. The molecule has 0 aliphatic rings. The van der Waals surface area contributed by atoms with E-state index in [4.69, 9.17) is 0 Å². The minimum atomic E-state index is -0.708. The first-order valence-electron chi connectivity index (χ1n) is 2.97. The SMILES string of the molecule is C=CCOC(=O)C#CC(C)=O. The van der Waals surface area contributed by atoms with E-state index in [1.54, 1.807) is 0 Å². The summed E-state index contributed by atoms with van der Waals surface area (Å²) < 4.78 is 4.46. The predicted molar refractivity (Wildman–Crippen MR) is 39.6 cm³/mol. The highest BCUT2D eigenvalue weighted by molar-refractivity contribution is 6.00. The first kappa shape index (κ1) is 9.44. The summed E-state index contributed by atoms with van der Waals surface area (Å²) >= 11 is 0. The quantitative estimate of drug-likeness (QED) is 0.188. The number of ketones is 1. The molecule has 0 saturated heterocycles. The minimum absolute atomic E-state index is 0.116. The molecule has 58 valence electrons. The largest absolute Gasteiger partial charge is 0.452 e. The zero-order valence-corrected chi connectivity index (χ0v) is 6.22. The minimum Gasteiger partial charge on any atom is -0.452 e. The monoisotopic (exact) mass is 152 g/mol. The Morgan fingerprint density at radius 2 is 2.18 bits per heavy atom.